The maximum absolute atomic E-state index is 12.2. The van der Waals surface area contributed by atoms with Gasteiger partial charge in [-0.05, 0) is 6.07 Å². The molecule has 0 saturated carbocycles. The maximum atomic E-state index is 12.2. The van der Waals surface area contributed by atoms with Crippen LogP contribution in [0.5, 0.6) is 0 Å². The monoisotopic (exact) mass is 252 g/mol. The number of nitriles is 1. The normalized spacial score (nSPS) is 10.5. The van der Waals surface area contributed by atoms with E-state index in [1.807, 2.05) is 24.3 Å². The van der Waals surface area contributed by atoms with Crippen LogP contribution in [0.25, 0.3) is 11.0 Å². The molecule has 0 fully saturated rings. The molecular formula is C13H8N4O2. The number of carbonyl (C=O) groups excluding carboxylic acids is 1. The lowest BCUT2D eigenvalue weighted by Crippen LogP contribution is -2.10. The minimum Gasteiger partial charge on any atom is -0.464 e. The Bertz CT molecular complexity index is 794. The molecule has 6 heteroatoms. The van der Waals surface area contributed by atoms with Crippen molar-refractivity contribution in [3.05, 3.63) is 48.2 Å². The summed E-state index contributed by atoms with van der Waals surface area (Å²) in [5.74, 6) is -0.0933. The predicted octanol–water partition coefficient (Wildman–Crippen LogP) is 1.78. The first-order valence-electron chi connectivity index (χ1n) is 5.57. The van der Waals surface area contributed by atoms with Gasteiger partial charge in [0.25, 0.3) is 5.82 Å². The van der Waals surface area contributed by atoms with Crippen LogP contribution in [-0.4, -0.2) is 20.5 Å². The van der Waals surface area contributed by atoms with E-state index in [0.717, 1.165) is 5.39 Å². The Morgan fingerprint density at radius 3 is 3.05 bits per heavy atom. The topological polar surface area (TPSA) is 84.7 Å². The summed E-state index contributed by atoms with van der Waals surface area (Å²) >= 11 is 0. The van der Waals surface area contributed by atoms with Gasteiger partial charge in [0.2, 0.25) is 0 Å². The molecule has 0 radical (unpaired) electrons. The fourth-order valence-corrected chi connectivity index (χ4v) is 1.85. The molecule has 3 rings (SSSR count). The molecule has 0 amide bonds. The van der Waals surface area contributed by atoms with Gasteiger partial charge >= 0.3 is 0 Å². The number of fused-ring (bicyclic) bond motifs is 1. The molecule has 2 heterocycles. The summed E-state index contributed by atoms with van der Waals surface area (Å²) in [6.07, 6.45) is 2.80. The van der Waals surface area contributed by atoms with Gasteiger partial charge in [0, 0.05) is 5.39 Å². The van der Waals surface area contributed by atoms with Gasteiger partial charge in [-0.1, -0.05) is 18.2 Å². The van der Waals surface area contributed by atoms with E-state index in [2.05, 4.69) is 10.1 Å². The molecule has 0 N–H and O–H groups in total. The second kappa shape index (κ2) is 4.38. The summed E-state index contributed by atoms with van der Waals surface area (Å²) in [5.41, 5.74) is 1.17. The van der Waals surface area contributed by atoms with E-state index in [-0.39, 0.29) is 18.2 Å². The summed E-state index contributed by atoms with van der Waals surface area (Å²) in [4.78, 5) is 15.9. The average molecular weight is 252 g/mol. The number of ketones is 1. The zero-order valence-corrected chi connectivity index (χ0v) is 9.78. The van der Waals surface area contributed by atoms with Crippen molar-refractivity contribution in [2.75, 3.05) is 0 Å². The molecule has 2 aromatic heterocycles. The van der Waals surface area contributed by atoms with Crippen LogP contribution in [0.15, 0.2) is 41.3 Å². The number of furan rings is 1. The van der Waals surface area contributed by atoms with E-state index in [1.165, 1.54) is 17.3 Å². The Kier molecular flexibility index (Phi) is 2.58. The molecule has 0 aliphatic rings. The average Bonchev–Trinajstić information content (AvgIpc) is 3.04. The first-order chi connectivity index (χ1) is 9.28. The molecule has 6 nitrogen and oxygen atoms in total. The Morgan fingerprint density at radius 2 is 2.26 bits per heavy atom. The fourth-order valence-electron chi connectivity index (χ4n) is 1.85. The van der Waals surface area contributed by atoms with E-state index >= 15 is 0 Å². The molecule has 3 aromatic rings. The third kappa shape index (κ3) is 1.98. The van der Waals surface area contributed by atoms with E-state index < -0.39 is 0 Å². The SMILES string of the molecule is N#Cc1ncn(CC(=O)c2coc3ccccc23)n1. The highest BCUT2D eigenvalue weighted by Gasteiger charge is 2.14. The van der Waals surface area contributed by atoms with Crippen molar-refractivity contribution >= 4 is 16.8 Å². The van der Waals surface area contributed by atoms with Gasteiger partial charge < -0.3 is 4.42 Å². The van der Waals surface area contributed by atoms with Crippen LogP contribution in [0.1, 0.15) is 16.2 Å². The molecule has 1 aromatic carbocycles. The van der Waals surface area contributed by atoms with Gasteiger partial charge in [-0.15, -0.1) is 5.10 Å². The van der Waals surface area contributed by atoms with Crippen LogP contribution in [-0.2, 0) is 6.54 Å². The standard InChI is InChI=1S/C13H8N4O2/c14-5-13-15-8-17(16-13)6-11(18)10-7-19-12-4-2-1-3-9(10)12/h1-4,7-8H,6H2. The molecule has 0 aliphatic carbocycles. The molecule has 0 spiro atoms. The summed E-state index contributed by atoms with van der Waals surface area (Å²) < 4.78 is 6.65. The predicted molar refractivity (Wildman–Crippen MR) is 65.3 cm³/mol. The third-order valence-corrected chi connectivity index (χ3v) is 2.72. The van der Waals surface area contributed by atoms with Crippen LogP contribution in [0, 0.1) is 11.3 Å². The highest BCUT2D eigenvalue weighted by molar-refractivity contribution is 6.06. The van der Waals surface area contributed by atoms with Crippen molar-refractivity contribution < 1.29 is 9.21 Å². The van der Waals surface area contributed by atoms with Crippen molar-refractivity contribution in [2.24, 2.45) is 0 Å². The van der Waals surface area contributed by atoms with Crippen molar-refractivity contribution in [1.82, 2.24) is 14.8 Å². The Labute approximate surface area is 107 Å². The highest BCUT2D eigenvalue weighted by atomic mass is 16.3. The molecule has 19 heavy (non-hydrogen) atoms. The summed E-state index contributed by atoms with van der Waals surface area (Å²) in [7, 11) is 0. The van der Waals surface area contributed by atoms with Crippen molar-refractivity contribution in [2.45, 2.75) is 6.54 Å². The van der Waals surface area contributed by atoms with Crippen molar-refractivity contribution in [3.63, 3.8) is 0 Å². The Balaban J connectivity index is 1.90. The third-order valence-electron chi connectivity index (χ3n) is 2.72. The lowest BCUT2D eigenvalue weighted by Gasteiger charge is -1.98. The van der Waals surface area contributed by atoms with Gasteiger partial charge in [-0.2, -0.15) is 5.26 Å². The van der Waals surface area contributed by atoms with Gasteiger partial charge in [0.1, 0.15) is 30.8 Å². The van der Waals surface area contributed by atoms with Crippen LogP contribution < -0.4 is 0 Å². The minimum atomic E-state index is -0.140. The lowest BCUT2D eigenvalue weighted by molar-refractivity contribution is 0.0968. The number of rotatable bonds is 3. The second-order valence-electron chi connectivity index (χ2n) is 3.95. The van der Waals surface area contributed by atoms with Crippen LogP contribution in [0.2, 0.25) is 0 Å². The Morgan fingerprint density at radius 1 is 1.42 bits per heavy atom. The lowest BCUT2D eigenvalue weighted by atomic mass is 10.1. The molecule has 0 unspecified atom stereocenters. The number of hydrogen-bond acceptors (Lipinski definition) is 5. The van der Waals surface area contributed by atoms with Gasteiger partial charge in [0.05, 0.1) is 5.56 Å². The highest BCUT2D eigenvalue weighted by Crippen LogP contribution is 2.21. The minimum absolute atomic E-state index is 0.0260. The number of nitrogens with zero attached hydrogens (tertiary/aromatic N) is 4. The largest absolute Gasteiger partial charge is 0.464 e. The van der Waals surface area contributed by atoms with E-state index in [9.17, 15) is 4.79 Å². The van der Waals surface area contributed by atoms with Gasteiger partial charge in [-0.3, -0.25) is 4.79 Å². The summed E-state index contributed by atoms with van der Waals surface area (Å²) in [5, 5.41) is 13.2. The maximum Gasteiger partial charge on any atom is 0.252 e. The molecule has 92 valence electrons. The van der Waals surface area contributed by atoms with Crippen LogP contribution in [0.3, 0.4) is 0 Å². The number of hydrogen-bond donors (Lipinski definition) is 0. The molecule has 0 bridgehead atoms. The number of para-hydroxylation sites is 1. The van der Waals surface area contributed by atoms with E-state index in [0.29, 0.717) is 11.1 Å². The number of aromatic nitrogens is 3. The second-order valence-corrected chi connectivity index (χ2v) is 3.95. The first kappa shape index (κ1) is 11.2. The zero-order valence-electron chi connectivity index (χ0n) is 9.78. The quantitative estimate of drug-likeness (QED) is 0.663. The van der Waals surface area contributed by atoms with E-state index in [4.69, 9.17) is 9.68 Å². The molecule has 0 saturated heterocycles. The number of Topliss-reactive ketones (excluding diaryl/α,β-unsaturated/α-hetero) is 1. The fraction of sp³-hybridized carbons (Fsp3) is 0.0769. The number of benzene rings is 1. The number of carbonyl (C=O) groups is 1. The summed E-state index contributed by atoms with van der Waals surface area (Å²) in [6.45, 7) is 0.0260. The van der Waals surface area contributed by atoms with Crippen molar-refractivity contribution in [3.8, 4) is 6.07 Å². The molecule has 0 atom stereocenters. The van der Waals surface area contributed by atoms with Gasteiger partial charge in [0.15, 0.2) is 5.78 Å². The zero-order chi connectivity index (χ0) is 13.2. The smallest absolute Gasteiger partial charge is 0.252 e. The van der Waals surface area contributed by atoms with Gasteiger partial charge in [-0.25, -0.2) is 9.67 Å². The van der Waals surface area contributed by atoms with Crippen LogP contribution in [0.4, 0.5) is 0 Å². The Hall–Kier alpha value is -2.94. The van der Waals surface area contributed by atoms with E-state index in [1.54, 1.807) is 6.07 Å². The van der Waals surface area contributed by atoms with Crippen molar-refractivity contribution in [1.29, 1.82) is 5.26 Å². The van der Waals surface area contributed by atoms with Crippen LogP contribution >= 0.6 is 0 Å². The molecule has 0 aliphatic heterocycles. The first-order valence-corrected chi connectivity index (χ1v) is 5.57. The molecular weight excluding hydrogens is 244 g/mol. The summed E-state index contributed by atoms with van der Waals surface area (Å²) in [6, 6.07) is 9.13.